The number of hydrogen-bond acceptors (Lipinski definition) is 2. The normalized spacial score (nSPS) is 11.5. The highest BCUT2D eigenvalue weighted by molar-refractivity contribution is 5.93. The molecular formula is C30H26N4. The topological polar surface area (TPSA) is 35.6 Å². The molecule has 2 heterocycles. The van der Waals surface area contributed by atoms with Crippen LogP contribution in [0.2, 0.25) is 0 Å². The van der Waals surface area contributed by atoms with E-state index >= 15 is 0 Å². The average molecular weight is 443 g/mol. The van der Waals surface area contributed by atoms with Gasteiger partial charge in [0.05, 0.1) is 22.1 Å². The minimum absolute atomic E-state index is 0.859. The summed E-state index contributed by atoms with van der Waals surface area (Å²) in [6.45, 7) is 6.07. The minimum atomic E-state index is 0.859. The summed E-state index contributed by atoms with van der Waals surface area (Å²) in [5.74, 6) is 2.00. The van der Waals surface area contributed by atoms with Crippen molar-refractivity contribution in [3.8, 4) is 33.9 Å². The van der Waals surface area contributed by atoms with Crippen LogP contribution in [0.5, 0.6) is 0 Å². The third kappa shape index (κ3) is 3.14. The number of nitrogens with zero attached hydrogens (tertiary/aromatic N) is 4. The molecule has 6 aromatic rings. The van der Waals surface area contributed by atoms with Crippen LogP contribution in [0.4, 0.5) is 0 Å². The van der Waals surface area contributed by atoms with Crippen LogP contribution >= 0.6 is 0 Å². The van der Waals surface area contributed by atoms with Crippen LogP contribution in [0.1, 0.15) is 13.8 Å². The van der Waals surface area contributed by atoms with E-state index in [4.69, 9.17) is 9.97 Å². The van der Waals surface area contributed by atoms with Gasteiger partial charge in [0.25, 0.3) is 0 Å². The summed E-state index contributed by atoms with van der Waals surface area (Å²) in [4.78, 5) is 10.1. The molecule has 0 aliphatic carbocycles. The fraction of sp³-hybridized carbons (Fsp3) is 0.133. The Hall–Kier alpha value is -4.18. The van der Waals surface area contributed by atoms with E-state index in [-0.39, 0.29) is 0 Å². The smallest absolute Gasteiger partial charge is 0.141 e. The Morgan fingerprint density at radius 1 is 0.471 bits per heavy atom. The van der Waals surface area contributed by atoms with Gasteiger partial charge in [0, 0.05) is 24.2 Å². The Labute approximate surface area is 199 Å². The van der Waals surface area contributed by atoms with Crippen molar-refractivity contribution >= 4 is 22.1 Å². The molecule has 0 bridgehead atoms. The Kier molecular flexibility index (Phi) is 4.99. The number of fused-ring (bicyclic) bond motifs is 2. The Bertz CT molecular complexity index is 1510. The van der Waals surface area contributed by atoms with Crippen molar-refractivity contribution in [2.45, 2.75) is 26.9 Å². The van der Waals surface area contributed by atoms with E-state index in [9.17, 15) is 0 Å². The predicted octanol–water partition coefficient (Wildman–Crippen LogP) is 7.43. The van der Waals surface area contributed by atoms with Crippen molar-refractivity contribution in [2.75, 3.05) is 0 Å². The first-order valence-electron chi connectivity index (χ1n) is 11.9. The zero-order chi connectivity index (χ0) is 23.1. The van der Waals surface area contributed by atoms with Gasteiger partial charge < -0.3 is 9.13 Å². The van der Waals surface area contributed by atoms with Crippen LogP contribution in [-0.2, 0) is 13.1 Å². The molecule has 0 aliphatic rings. The lowest BCUT2D eigenvalue weighted by Gasteiger charge is -2.15. The second kappa shape index (κ2) is 8.31. The number of para-hydroxylation sites is 4. The van der Waals surface area contributed by atoms with E-state index in [0.717, 1.165) is 69.1 Å². The summed E-state index contributed by atoms with van der Waals surface area (Å²) in [5, 5.41) is 0. The summed E-state index contributed by atoms with van der Waals surface area (Å²) < 4.78 is 4.61. The SMILES string of the molecule is CCn1c(-c2ccccc2-c2ccccc2-c2nc3ccccc3n2CC)nc2ccccc21. The molecule has 2 aromatic heterocycles. The number of imidazole rings is 2. The standard InChI is InChI=1S/C30H26N4/c1-3-33-27-19-11-9-17-25(27)31-29(33)23-15-7-5-13-21(23)22-14-6-8-16-24(22)30-32-26-18-10-12-20-28(26)34(30)4-2/h5-20H,3-4H2,1-2H3. The third-order valence-electron chi connectivity index (χ3n) is 6.57. The molecule has 0 saturated heterocycles. The largest absolute Gasteiger partial charge is 0.324 e. The first kappa shape index (κ1) is 20.4. The highest BCUT2D eigenvalue weighted by Crippen LogP contribution is 2.39. The number of rotatable bonds is 5. The lowest BCUT2D eigenvalue weighted by atomic mass is 9.94. The van der Waals surface area contributed by atoms with Gasteiger partial charge in [-0.3, -0.25) is 0 Å². The second-order valence-corrected chi connectivity index (χ2v) is 8.43. The van der Waals surface area contributed by atoms with Gasteiger partial charge in [-0.25, -0.2) is 9.97 Å². The van der Waals surface area contributed by atoms with Gasteiger partial charge >= 0.3 is 0 Å². The lowest BCUT2D eigenvalue weighted by molar-refractivity contribution is 0.795. The maximum absolute atomic E-state index is 5.05. The molecule has 0 spiro atoms. The molecule has 0 aliphatic heterocycles. The summed E-state index contributed by atoms with van der Waals surface area (Å²) in [6.07, 6.45) is 0. The monoisotopic (exact) mass is 442 g/mol. The van der Waals surface area contributed by atoms with Crippen LogP contribution in [0, 0.1) is 0 Å². The first-order valence-corrected chi connectivity index (χ1v) is 11.9. The highest BCUT2D eigenvalue weighted by Gasteiger charge is 2.20. The van der Waals surface area contributed by atoms with Crippen LogP contribution in [0.25, 0.3) is 56.0 Å². The van der Waals surface area contributed by atoms with Crippen LogP contribution < -0.4 is 0 Å². The van der Waals surface area contributed by atoms with Crippen molar-refractivity contribution < 1.29 is 0 Å². The molecule has 166 valence electrons. The number of benzene rings is 4. The maximum Gasteiger partial charge on any atom is 0.141 e. The molecule has 4 nitrogen and oxygen atoms in total. The number of aromatic nitrogens is 4. The first-order chi connectivity index (χ1) is 16.8. The molecule has 6 rings (SSSR count). The highest BCUT2D eigenvalue weighted by atomic mass is 15.1. The van der Waals surface area contributed by atoms with Crippen molar-refractivity contribution in [1.29, 1.82) is 0 Å². The molecular weight excluding hydrogens is 416 g/mol. The van der Waals surface area contributed by atoms with Crippen molar-refractivity contribution in [2.24, 2.45) is 0 Å². The summed E-state index contributed by atoms with van der Waals surface area (Å²) in [5.41, 5.74) is 8.96. The molecule has 0 fully saturated rings. The number of hydrogen-bond donors (Lipinski definition) is 0. The fourth-order valence-corrected chi connectivity index (χ4v) is 5.03. The molecule has 4 aromatic carbocycles. The van der Waals surface area contributed by atoms with Crippen molar-refractivity contribution in [3.63, 3.8) is 0 Å². The fourth-order valence-electron chi connectivity index (χ4n) is 5.03. The quantitative estimate of drug-likeness (QED) is 0.278. The van der Waals surface area contributed by atoms with E-state index in [1.54, 1.807) is 0 Å². The van der Waals surface area contributed by atoms with Gasteiger partial charge in [-0.1, -0.05) is 72.8 Å². The van der Waals surface area contributed by atoms with Crippen LogP contribution in [0.3, 0.4) is 0 Å². The maximum atomic E-state index is 5.05. The second-order valence-electron chi connectivity index (χ2n) is 8.43. The molecule has 34 heavy (non-hydrogen) atoms. The van der Waals surface area contributed by atoms with Crippen molar-refractivity contribution in [1.82, 2.24) is 19.1 Å². The van der Waals surface area contributed by atoms with Gasteiger partial charge in [0.1, 0.15) is 11.6 Å². The molecule has 0 amide bonds. The molecule has 0 saturated carbocycles. The van der Waals surface area contributed by atoms with Gasteiger partial charge in [-0.2, -0.15) is 0 Å². The lowest BCUT2D eigenvalue weighted by Crippen LogP contribution is -2.01. The van der Waals surface area contributed by atoms with Gasteiger partial charge in [0.2, 0.25) is 0 Å². The Morgan fingerprint density at radius 3 is 1.24 bits per heavy atom. The summed E-state index contributed by atoms with van der Waals surface area (Å²) in [7, 11) is 0. The molecule has 0 N–H and O–H groups in total. The minimum Gasteiger partial charge on any atom is -0.324 e. The van der Waals surface area contributed by atoms with Crippen molar-refractivity contribution in [3.05, 3.63) is 97.1 Å². The third-order valence-corrected chi connectivity index (χ3v) is 6.57. The van der Waals surface area contributed by atoms with E-state index in [1.807, 2.05) is 0 Å². The molecule has 0 unspecified atom stereocenters. The summed E-state index contributed by atoms with van der Waals surface area (Å²) >= 11 is 0. The van der Waals surface area contributed by atoms with Gasteiger partial charge in [-0.15, -0.1) is 0 Å². The number of aryl methyl sites for hydroxylation is 2. The Morgan fingerprint density at radius 2 is 0.824 bits per heavy atom. The Balaban J connectivity index is 1.61. The predicted molar refractivity (Wildman–Crippen MR) is 141 cm³/mol. The van der Waals surface area contributed by atoms with Gasteiger partial charge in [-0.05, 0) is 49.2 Å². The molecule has 0 radical (unpaired) electrons. The van der Waals surface area contributed by atoms with E-state index in [2.05, 4.69) is 120 Å². The van der Waals surface area contributed by atoms with E-state index in [0.29, 0.717) is 0 Å². The van der Waals surface area contributed by atoms with Crippen LogP contribution in [0.15, 0.2) is 97.1 Å². The average Bonchev–Trinajstić information content (AvgIpc) is 3.46. The molecule has 4 heteroatoms. The summed E-state index contributed by atoms with van der Waals surface area (Å²) in [6, 6.07) is 33.9. The molecule has 0 atom stereocenters. The van der Waals surface area contributed by atoms with Crippen LogP contribution in [-0.4, -0.2) is 19.1 Å². The van der Waals surface area contributed by atoms with E-state index < -0.39 is 0 Å². The van der Waals surface area contributed by atoms with Gasteiger partial charge in [0.15, 0.2) is 0 Å². The zero-order valence-corrected chi connectivity index (χ0v) is 19.4. The van der Waals surface area contributed by atoms with E-state index in [1.165, 1.54) is 0 Å². The zero-order valence-electron chi connectivity index (χ0n) is 19.4.